The van der Waals surface area contributed by atoms with E-state index in [4.69, 9.17) is 0 Å². The molecule has 1 amide bonds. The fraction of sp³-hybridized carbons (Fsp3) is 0.0870. The summed E-state index contributed by atoms with van der Waals surface area (Å²) < 4.78 is 1.65. The van der Waals surface area contributed by atoms with Crippen molar-refractivity contribution < 1.29 is 4.79 Å². The number of tetrazole rings is 1. The fourth-order valence-electron chi connectivity index (χ4n) is 3.32. The number of anilines is 2. The lowest BCUT2D eigenvalue weighted by Gasteiger charge is -2.09. The Morgan fingerprint density at radius 2 is 1.74 bits per heavy atom. The monoisotopic (exact) mass is 409 g/mol. The largest absolute Gasteiger partial charge is 0.348 e. The minimum absolute atomic E-state index is 0.125. The van der Waals surface area contributed by atoms with Gasteiger partial charge in [0, 0.05) is 17.8 Å². The zero-order chi connectivity index (χ0) is 21.2. The Morgan fingerprint density at radius 1 is 0.968 bits per heavy atom. The maximum absolute atomic E-state index is 12.5. The van der Waals surface area contributed by atoms with Gasteiger partial charge in [0.25, 0.3) is 5.91 Å². The summed E-state index contributed by atoms with van der Waals surface area (Å²) in [7, 11) is 0. The first-order chi connectivity index (χ1) is 15.2. The smallest absolute Gasteiger partial charge is 0.251 e. The number of nitrogens with zero attached hydrogens (tertiary/aromatic N) is 5. The van der Waals surface area contributed by atoms with Crippen LogP contribution < -0.4 is 10.6 Å². The maximum Gasteiger partial charge on any atom is 0.251 e. The van der Waals surface area contributed by atoms with Gasteiger partial charge in [-0.3, -0.25) is 4.79 Å². The molecule has 8 nitrogen and oxygen atoms in total. The molecule has 0 radical (unpaired) electrons. The first-order valence-electron chi connectivity index (χ1n) is 9.85. The number of rotatable bonds is 5. The van der Waals surface area contributed by atoms with Crippen LogP contribution in [0.3, 0.4) is 0 Å². The quantitative estimate of drug-likeness (QED) is 0.460. The van der Waals surface area contributed by atoms with Crippen LogP contribution in [-0.4, -0.2) is 30.9 Å². The van der Waals surface area contributed by atoms with Crippen molar-refractivity contribution in [2.24, 2.45) is 0 Å². The topological polar surface area (TPSA) is 97.1 Å². The van der Waals surface area contributed by atoms with E-state index in [-0.39, 0.29) is 5.91 Å². The van der Waals surface area contributed by atoms with Crippen molar-refractivity contribution in [3.63, 3.8) is 0 Å². The summed E-state index contributed by atoms with van der Waals surface area (Å²) in [5.41, 5.74) is 5.74. The number of benzene rings is 3. The minimum atomic E-state index is -0.125. The highest BCUT2D eigenvalue weighted by atomic mass is 16.1. The first-order valence-corrected chi connectivity index (χ1v) is 9.85. The van der Waals surface area contributed by atoms with Crippen LogP contribution in [0.5, 0.6) is 0 Å². The number of amides is 1. The second-order valence-electron chi connectivity index (χ2n) is 7.23. The Morgan fingerprint density at radius 3 is 2.55 bits per heavy atom. The molecule has 0 fully saturated rings. The predicted octanol–water partition coefficient (Wildman–Crippen LogP) is 3.65. The number of fused-ring (bicyclic) bond motifs is 3. The number of hydrogen-bond donors (Lipinski definition) is 2. The fourth-order valence-corrected chi connectivity index (χ4v) is 3.32. The molecule has 8 heteroatoms. The van der Waals surface area contributed by atoms with Crippen molar-refractivity contribution in [2.75, 3.05) is 5.32 Å². The summed E-state index contributed by atoms with van der Waals surface area (Å²) in [6.07, 6.45) is 0. The van der Waals surface area contributed by atoms with E-state index in [1.807, 2.05) is 67.6 Å². The zero-order valence-electron chi connectivity index (χ0n) is 16.8. The van der Waals surface area contributed by atoms with E-state index in [1.54, 1.807) is 16.6 Å². The molecular weight excluding hydrogens is 390 g/mol. The van der Waals surface area contributed by atoms with E-state index >= 15 is 0 Å². The van der Waals surface area contributed by atoms with Crippen LogP contribution in [0.2, 0.25) is 0 Å². The Balaban J connectivity index is 1.32. The summed E-state index contributed by atoms with van der Waals surface area (Å²) in [4.78, 5) is 17.1. The Hall–Kier alpha value is -4.33. The highest BCUT2D eigenvalue weighted by molar-refractivity contribution is 5.94. The SMILES string of the molecule is Cc1ccc(CNC(=O)c2ccc(Nc3nc4ccccc4n4nnnc34)cc2)cc1. The lowest BCUT2D eigenvalue weighted by molar-refractivity contribution is 0.0951. The third kappa shape index (κ3) is 3.78. The minimum Gasteiger partial charge on any atom is -0.348 e. The number of hydrogen-bond acceptors (Lipinski definition) is 6. The summed E-state index contributed by atoms with van der Waals surface area (Å²) in [6.45, 7) is 2.52. The van der Waals surface area contributed by atoms with E-state index in [2.05, 4.69) is 31.1 Å². The number of carbonyl (C=O) groups is 1. The summed E-state index contributed by atoms with van der Waals surface area (Å²) >= 11 is 0. The van der Waals surface area contributed by atoms with E-state index in [9.17, 15) is 4.79 Å². The number of para-hydroxylation sites is 2. The molecule has 31 heavy (non-hydrogen) atoms. The van der Waals surface area contributed by atoms with Gasteiger partial charge in [0.05, 0.1) is 11.0 Å². The van der Waals surface area contributed by atoms with Gasteiger partial charge >= 0.3 is 0 Å². The van der Waals surface area contributed by atoms with Gasteiger partial charge in [-0.25, -0.2) is 4.98 Å². The van der Waals surface area contributed by atoms with Crippen LogP contribution in [-0.2, 0) is 6.54 Å². The summed E-state index contributed by atoms with van der Waals surface area (Å²) in [5, 5.41) is 18.1. The molecule has 0 saturated carbocycles. The van der Waals surface area contributed by atoms with Crippen molar-refractivity contribution in [1.82, 2.24) is 30.3 Å². The molecule has 2 N–H and O–H groups in total. The Bertz CT molecular complexity index is 1380. The van der Waals surface area contributed by atoms with Crippen molar-refractivity contribution >= 4 is 34.1 Å². The molecule has 0 bridgehead atoms. The molecule has 3 aromatic carbocycles. The molecule has 0 spiro atoms. The van der Waals surface area contributed by atoms with Crippen LogP contribution in [0.15, 0.2) is 72.8 Å². The number of aromatic nitrogens is 5. The van der Waals surface area contributed by atoms with Gasteiger partial charge in [-0.05, 0) is 59.3 Å². The van der Waals surface area contributed by atoms with Crippen molar-refractivity contribution in [1.29, 1.82) is 0 Å². The Kier molecular flexibility index (Phi) is 4.72. The first kappa shape index (κ1) is 18.7. The number of nitrogens with one attached hydrogen (secondary N) is 2. The third-order valence-corrected chi connectivity index (χ3v) is 5.01. The molecule has 0 aliphatic carbocycles. The second-order valence-corrected chi connectivity index (χ2v) is 7.23. The van der Waals surface area contributed by atoms with Gasteiger partial charge in [0.1, 0.15) is 0 Å². The van der Waals surface area contributed by atoms with E-state index in [0.717, 1.165) is 22.3 Å². The van der Waals surface area contributed by atoms with Gasteiger partial charge < -0.3 is 10.6 Å². The van der Waals surface area contributed by atoms with Crippen LogP contribution in [0.1, 0.15) is 21.5 Å². The Labute approximate surface area is 177 Å². The molecule has 5 rings (SSSR count). The molecule has 2 heterocycles. The van der Waals surface area contributed by atoms with E-state index in [1.165, 1.54) is 5.56 Å². The summed E-state index contributed by atoms with van der Waals surface area (Å²) in [6, 6.07) is 23.0. The lowest BCUT2D eigenvalue weighted by Crippen LogP contribution is -2.22. The normalized spacial score (nSPS) is 11.0. The molecular formula is C23H19N7O. The van der Waals surface area contributed by atoms with Gasteiger partial charge in [-0.1, -0.05) is 42.0 Å². The van der Waals surface area contributed by atoms with E-state index < -0.39 is 0 Å². The van der Waals surface area contributed by atoms with Crippen LogP contribution in [0, 0.1) is 6.92 Å². The molecule has 2 aromatic heterocycles. The van der Waals surface area contributed by atoms with Crippen LogP contribution in [0.4, 0.5) is 11.5 Å². The highest BCUT2D eigenvalue weighted by Crippen LogP contribution is 2.22. The van der Waals surface area contributed by atoms with Crippen LogP contribution in [0.25, 0.3) is 16.7 Å². The average Bonchev–Trinajstić information content (AvgIpc) is 3.30. The third-order valence-electron chi connectivity index (χ3n) is 5.01. The van der Waals surface area contributed by atoms with Gasteiger partial charge in [0.2, 0.25) is 5.65 Å². The molecule has 0 atom stereocenters. The van der Waals surface area contributed by atoms with Crippen molar-refractivity contribution in [3.05, 3.63) is 89.5 Å². The number of aryl methyl sites for hydroxylation is 1. The van der Waals surface area contributed by atoms with Crippen molar-refractivity contribution in [2.45, 2.75) is 13.5 Å². The molecule has 0 aliphatic heterocycles. The second kappa shape index (κ2) is 7.83. The van der Waals surface area contributed by atoms with Gasteiger partial charge in [-0.15, -0.1) is 5.10 Å². The van der Waals surface area contributed by atoms with Gasteiger partial charge in [-0.2, -0.15) is 4.52 Å². The predicted molar refractivity (Wildman–Crippen MR) is 118 cm³/mol. The van der Waals surface area contributed by atoms with Gasteiger partial charge in [0.15, 0.2) is 5.82 Å². The molecule has 5 aromatic rings. The van der Waals surface area contributed by atoms with E-state index in [0.29, 0.717) is 23.6 Å². The lowest BCUT2D eigenvalue weighted by atomic mass is 10.1. The molecule has 0 unspecified atom stereocenters. The van der Waals surface area contributed by atoms with Crippen molar-refractivity contribution in [3.8, 4) is 0 Å². The highest BCUT2D eigenvalue weighted by Gasteiger charge is 2.12. The van der Waals surface area contributed by atoms with Crippen LogP contribution >= 0.6 is 0 Å². The maximum atomic E-state index is 12.5. The zero-order valence-corrected chi connectivity index (χ0v) is 16.8. The standard InChI is InChI=1S/C23H19N7O/c1-15-6-8-16(9-7-15)14-24-23(31)17-10-12-18(13-11-17)25-21-22-27-28-29-30(22)20-5-3-2-4-19(20)26-21/h2-13H,14H2,1H3,(H,24,31)(H,25,26). The molecule has 0 saturated heterocycles. The molecule has 0 aliphatic rings. The molecule has 152 valence electrons. The number of carbonyl (C=O) groups excluding carboxylic acids is 1. The summed E-state index contributed by atoms with van der Waals surface area (Å²) in [5.74, 6) is 0.417. The average molecular weight is 409 g/mol.